The molecule has 0 aromatic heterocycles. The van der Waals surface area contributed by atoms with Gasteiger partial charge in [0, 0.05) is 51.7 Å². The van der Waals surface area contributed by atoms with E-state index < -0.39 is 0 Å². The number of piperazine rings is 1. The number of hydrogen-bond acceptors (Lipinski definition) is 4. The highest BCUT2D eigenvalue weighted by atomic mass is 16.2. The van der Waals surface area contributed by atoms with Gasteiger partial charge < -0.3 is 15.5 Å². The first-order chi connectivity index (χ1) is 12.7. The molecule has 2 fully saturated rings. The second kappa shape index (κ2) is 9.49. The quantitative estimate of drug-likeness (QED) is 0.805. The van der Waals surface area contributed by atoms with Gasteiger partial charge in [-0.3, -0.25) is 9.69 Å². The minimum Gasteiger partial charge on any atom is -0.340 e. The number of nitrogens with zero attached hydrogens (tertiary/aromatic N) is 3. The largest absolute Gasteiger partial charge is 0.340 e. The van der Waals surface area contributed by atoms with E-state index in [0.717, 1.165) is 65.1 Å². The van der Waals surface area contributed by atoms with Crippen LogP contribution in [0.25, 0.3) is 0 Å². The summed E-state index contributed by atoms with van der Waals surface area (Å²) in [5, 5.41) is 0. The molecule has 26 heavy (non-hydrogen) atoms. The molecule has 144 valence electrons. The number of likely N-dealkylation sites (N-methyl/N-ethyl adjacent to an activating group) is 1. The van der Waals surface area contributed by atoms with E-state index >= 15 is 0 Å². The summed E-state index contributed by atoms with van der Waals surface area (Å²) in [6, 6.07) is 10.6. The van der Waals surface area contributed by atoms with Crippen molar-refractivity contribution < 1.29 is 4.79 Å². The molecule has 0 bridgehead atoms. The van der Waals surface area contributed by atoms with Crippen LogP contribution in [-0.4, -0.2) is 73.5 Å². The maximum Gasteiger partial charge on any atom is 0.226 e. The molecule has 1 aliphatic carbocycles. The molecule has 1 saturated heterocycles. The molecule has 1 amide bonds. The Labute approximate surface area is 158 Å². The van der Waals surface area contributed by atoms with E-state index in [1.807, 2.05) is 0 Å². The predicted octanol–water partition coefficient (Wildman–Crippen LogP) is 1.64. The van der Waals surface area contributed by atoms with Crippen LogP contribution >= 0.6 is 0 Å². The van der Waals surface area contributed by atoms with E-state index in [0.29, 0.717) is 18.4 Å². The van der Waals surface area contributed by atoms with E-state index in [1.165, 1.54) is 5.56 Å². The summed E-state index contributed by atoms with van der Waals surface area (Å²) in [6.45, 7) is 7.49. The number of carbonyl (C=O) groups is 1. The Hall–Kier alpha value is -1.43. The van der Waals surface area contributed by atoms with Crippen molar-refractivity contribution in [1.82, 2.24) is 14.7 Å². The minimum atomic E-state index is 0.184. The van der Waals surface area contributed by atoms with Crippen LogP contribution in [0, 0.1) is 11.8 Å². The molecule has 1 saturated carbocycles. The third-order valence-electron chi connectivity index (χ3n) is 6.06. The van der Waals surface area contributed by atoms with Gasteiger partial charge >= 0.3 is 0 Å². The predicted molar refractivity (Wildman–Crippen MR) is 106 cm³/mol. The third-order valence-corrected chi connectivity index (χ3v) is 6.06. The Bertz CT molecular complexity index is 556. The maximum atomic E-state index is 12.8. The molecule has 1 aromatic carbocycles. The molecule has 2 N–H and O–H groups in total. The third kappa shape index (κ3) is 5.06. The highest BCUT2D eigenvalue weighted by molar-refractivity contribution is 5.79. The van der Waals surface area contributed by atoms with E-state index in [-0.39, 0.29) is 5.92 Å². The standard InChI is InChI=1S/C21H34N4O/c1-23(17-18-6-3-2-4-7-18)10-11-24-12-14-25(15-13-24)21(26)20-9-5-8-19(20)16-22/h2-4,6-7,19-20H,5,8-17,22H2,1H3/t19-,20-/m1/s1. The first-order valence-corrected chi connectivity index (χ1v) is 10.1. The Morgan fingerprint density at radius 3 is 2.58 bits per heavy atom. The minimum absolute atomic E-state index is 0.184. The highest BCUT2D eigenvalue weighted by Crippen LogP contribution is 2.32. The molecule has 1 aliphatic heterocycles. The fourth-order valence-electron chi connectivity index (χ4n) is 4.36. The smallest absolute Gasteiger partial charge is 0.226 e. The fourth-order valence-corrected chi connectivity index (χ4v) is 4.36. The number of amides is 1. The highest BCUT2D eigenvalue weighted by Gasteiger charge is 2.35. The lowest BCUT2D eigenvalue weighted by atomic mass is 9.94. The van der Waals surface area contributed by atoms with Gasteiger partial charge in [-0.05, 0) is 37.9 Å². The molecule has 5 nitrogen and oxygen atoms in total. The average molecular weight is 359 g/mol. The molecule has 2 aliphatic rings. The summed E-state index contributed by atoms with van der Waals surface area (Å²) in [5.41, 5.74) is 7.21. The van der Waals surface area contributed by atoms with E-state index in [9.17, 15) is 4.79 Å². The van der Waals surface area contributed by atoms with Crippen LogP contribution < -0.4 is 5.73 Å². The number of nitrogens with two attached hydrogens (primary N) is 1. The lowest BCUT2D eigenvalue weighted by Gasteiger charge is -2.37. The topological polar surface area (TPSA) is 52.8 Å². The number of hydrogen-bond donors (Lipinski definition) is 1. The summed E-state index contributed by atoms with van der Waals surface area (Å²) in [5.74, 6) is 0.953. The van der Waals surface area contributed by atoms with Crippen molar-refractivity contribution in [2.24, 2.45) is 17.6 Å². The van der Waals surface area contributed by atoms with E-state index in [2.05, 4.69) is 52.1 Å². The van der Waals surface area contributed by atoms with Gasteiger partial charge in [0.05, 0.1) is 0 Å². The molecular weight excluding hydrogens is 324 g/mol. The molecule has 1 heterocycles. The lowest BCUT2D eigenvalue weighted by molar-refractivity contribution is -0.138. The second-order valence-electron chi connectivity index (χ2n) is 7.92. The zero-order chi connectivity index (χ0) is 18.4. The summed E-state index contributed by atoms with van der Waals surface area (Å²) in [4.78, 5) is 19.7. The Balaban J connectivity index is 1.38. The van der Waals surface area contributed by atoms with Gasteiger partial charge in [0.2, 0.25) is 5.91 Å². The first kappa shape index (κ1) is 19.3. The van der Waals surface area contributed by atoms with Gasteiger partial charge in [-0.25, -0.2) is 0 Å². The second-order valence-corrected chi connectivity index (χ2v) is 7.92. The molecule has 5 heteroatoms. The first-order valence-electron chi connectivity index (χ1n) is 10.1. The van der Waals surface area contributed by atoms with Gasteiger partial charge in [-0.2, -0.15) is 0 Å². The van der Waals surface area contributed by atoms with Crippen molar-refractivity contribution in [1.29, 1.82) is 0 Å². The number of benzene rings is 1. The van der Waals surface area contributed by atoms with Gasteiger partial charge in [0.25, 0.3) is 0 Å². The maximum absolute atomic E-state index is 12.8. The molecule has 2 atom stereocenters. The SMILES string of the molecule is CN(CCN1CCN(C(=O)[C@@H]2CCC[C@@H]2CN)CC1)Cc1ccccc1. The molecule has 1 aromatic rings. The number of rotatable bonds is 7. The van der Waals surface area contributed by atoms with Crippen LogP contribution in [0.15, 0.2) is 30.3 Å². The van der Waals surface area contributed by atoms with Crippen molar-refractivity contribution in [3.63, 3.8) is 0 Å². The molecule has 0 unspecified atom stereocenters. The zero-order valence-corrected chi connectivity index (χ0v) is 16.1. The van der Waals surface area contributed by atoms with Crippen molar-refractivity contribution >= 4 is 5.91 Å². The Morgan fingerprint density at radius 1 is 1.15 bits per heavy atom. The summed E-state index contributed by atoms with van der Waals surface area (Å²) in [6.07, 6.45) is 3.32. The van der Waals surface area contributed by atoms with Crippen molar-refractivity contribution in [3.05, 3.63) is 35.9 Å². The molecular formula is C21H34N4O. The van der Waals surface area contributed by atoms with Crippen LogP contribution in [0.3, 0.4) is 0 Å². The van der Waals surface area contributed by atoms with Gasteiger partial charge in [-0.15, -0.1) is 0 Å². The molecule has 0 spiro atoms. The van der Waals surface area contributed by atoms with Gasteiger partial charge in [0.1, 0.15) is 0 Å². The van der Waals surface area contributed by atoms with Crippen LogP contribution in [0.1, 0.15) is 24.8 Å². The number of carbonyl (C=O) groups excluding carboxylic acids is 1. The summed E-state index contributed by atoms with van der Waals surface area (Å²) < 4.78 is 0. The van der Waals surface area contributed by atoms with Crippen molar-refractivity contribution in [2.75, 3.05) is 52.9 Å². The van der Waals surface area contributed by atoms with Crippen LogP contribution in [-0.2, 0) is 11.3 Å². The molecule has 3 rings (SSSR count). The van der Waals surface area contributed by atoms with E-state index in [1.54, 1.807) is 0 Å². The van der Waals surface area contributed by atoms with Gasteiger partial charge in [-0.1, -0.05) is 36.8 Å². The van der Waals surface area contributed by atoms with Crippen LogP contribution in [0.2, 0.25) is 0 Å². The average Bonchev–Trinajstić information content (AvgIpc) is 3.16. The molecule has 0 radical (unpaired) electrons. The van der Waals surface area contributed by atoms with Crippen molar-refractivity contribution in [3.8, 4) is 0 Å². The Morgan fingerprint density at radius 2 is 1.88 bits per heavy atom. The monoisotopic (exact) mass is 358 g/mol. The Kier molecular flexibility index (Phi) is 7.06. The van der Waals surface area contributed by atoms with Crippen LogP contribution in [0.4, 0.5) is 0 Å². The fraction of sp³-hybridized carbons (Fsp3) is 0.667. The summed E-state index contributed by atoms with van der Waals surface area (Å²) in [7, 11) is 2.18. The van der Waals surface area contributed by atoms with Crippen LogP contribution in [0.5, 0.6) is 0 Å². The zero-order valence-electron chi connectivity index (χ0n) is 16.1. The van der Waals surface area contributed by atoms with E-state index in [4.69, 9.17) is 5.73 Å². The summed E-state index contributed by atoms with van der Waals surface area (Å²) >= 11 is 0. The lowest BCUT2D eigenvalue weighted by Crippen LogP contribution is -2.52. The van der Waals surface area contributed by atoms with Crippen molar-refractivity contribution in [2.45, 2.75) is 25.8 Å². The van der Waals surface area contributed by atoms with Gasteiger partial charge in [0.15, 0.2) is 0 Å². The normalized spacial score (nSPS) is 24.3.